The third-order valence-corrected chi connectivity index (χ3v) is 4.04. The van der Waals surface area contributed by atoms with Crippen molar-refractivity contribution in [1.82, 2.24) is 5.32 Å². The Kier molecular flexibility index (Phi) is 6.57. The highest BCUT2D eigenvalue weighted by molar-refractivity contribution is 9.10. The van der Waals surface area contributed by atoms with Gasteiger partial charge in [-0.2, -0.15) is 11.3 Å². The monoisotopic (exact) mass is 339 g/mol. The SMILES string of the molecule is Brc1ccc(COCCNCCc2ccsc2)cc1. The normalized spacial score (nSPS) is 10.8. The number of hydrogen-bond donors (Lipinski definition) is 1. The maximum atomic E-state index is 5.62. The molecule has 102 valence electrons. The minimum Gasteiger partial charge on any atom is -0.375 e. The fraction of sp³-hybridized carbons (Fsp3) is 0.333. The molecule has 1 heterocycles. The van der Waals surface area contributed by atoms with Gasteiger partial charge in [0.15, 0.2) is 0 Å². The summed E-state index contributed by atoms with van der Waals surface area (Å²) in [7, 11) is 0. The van der Waals surface area contributed by atoms with Crippen LogP contribution in [0.3, 0.4) is 0 Å². The Labute approximate surface area is 126 Å². The molecule has 0 amide bonds. The molecule has 0 aliphatic heterocycles. The lowest BCUT2D eigenvalue weighted by atomic mass is 10.2. The lowest BCUT2D eigenvalue weighted by Crippen LogP contribution is -2.22. The molecule has 0 saturated heterocycles. The average molecular weight is 340 g/mol. The van der Waals surface area contributed by atoms with Gasteiger partial charge >= 0.3 is 0 Å². The minimum absolute atomic E-state index is 0.680. The molecule has 1 aromatic carbocycles. The molecule has 0 fully saturated rings. The van der Waals surface area contributed by atoms with Gasteiger partial charge in [-0.3, -0.25) is 0 Å². The average Bonchev–Trinajstić information content (AvgIpc) is 2.93. The summed E-state index contributed by atoms with van der Waals surface area (Å²) in [6, 6.07) is 10.4. The first-order valence-corrected chi connectivity index (χ1v) is 8.12. The predicted octanol–water partition coefficient (Wildman–Crippen LogP) is 3.86. The first-order valence-electron chi connectivity index (χ1n) is 6.38. The number of benzene rings is 1. The van der Waals surface area contributed by atoms with Crippen molar-refractivity contribution < 1.29 is 4.74 Å². The van der Waals surface area contributed by atoms with E-state index in [-0.39, 0.29) is 0 Å². The van der Waals surface area contributed by atoms with Gasteiger partial charge < -0.3 is 10.1 Å². The van der Waals surface area contributed by atoms with E-state index in [0.717, 1.165) is 30.6 Å². The quantitative estimate of drug-likeness (QED) is 0.737. The van der Waals surface area contributed by atoms with Crippen molar-refractivity contribution in [3.63, 3.8) is 0 Å². The molecule has 2 aromatic rings. The largest absolute Gasteiger partial charge is 0.375 e. The van der Waals surface area contributed by atoms with E-state index in [1.807, 2.05) is 12.1 Å². The summed E-state index contributed by atoms with van der Waals surface area (Å²) in [6.07, 6.45) is 1.09. The lowest BCUT2D eigenvalue weighted by molar-refractivity contribution is 0.123. The van der Waals surface area contributed by atoms with Gasteiger partial charge in [0.1, 0.15) is 0 Å². The molecule has 0 bridgehead atoms. The second kappa shape index (κ2) is 8.48. The first-order chi connectivity index (χ1) is 9.34. The second-order valence-electron chi connectivity index (χ2n) is 4.31. The third-order valence-electron chi connectivity index (χ3n) is 2.78. The molecule has 0 atom stereocenters. The fourth-order valence-corrected chi connectivity index (χ4v) is 2.68. The van der Waals surface area contributed by atoms with Crippen LogP contribution in [-0.2, 0) is 17.8 Å². The zero-order valence-electron chi connectivity index (χ0n) is 10.8. The molecule has 4 heteroatoms. The Morgan fingerprint density at radius 1 is 1.05 bits per heavy atom. The third kappa shape index (κ3) is 5.87. The zero-order valence-corrected chi connectivity index (χ0v) is 13.2. The van der Waals surface area contributed by atoms with Crippen LogP contribution in [0.15, 0.2) is 45.6 Å². The van der Waals surface area contributed by atoms with E-state index >= 15 is 0 Å². The summed E-state index contributed by atoms with van der Waals surface area (Å²) in [5.74, 6) is 0. The number of ether oxygens (including phenoxy) is 1. The number of thiophene rings is 1. The number of rotatable bonds is 8. The molecule has 0 radical (unpaired) electrons. The van der Waals surface area contributed by atoms with Crippen molar-refractivity contribution in [3.8, 4) is 0 Å². The molecule has 2 nitrogen and oxygen atoms in total. The van der Waals surface area contributed by atoms with E-state index < -0.39 is 0 Å². The molecule has 1 N–H and O–H groups in total. The van der Waals surface area contributed by atoms with Crippen LogP contribution in [0.25, 0.3) is 0 Å². The summed E-state index contributed by atoms with van der Waals surface area (Å²) in [5.41, 5.74) is 2.62. The fourth-order valence-electron chi connectivity index (χ4n) is 1.71. The van der Waals surface area contributed by atoms with Crippen LogP contribution in [0.1, 0.15) is 11.1 Å². The molecule has 2 rings (SSSR count). The van der Waals surface area contributed by atoms with Gasteiger partial charge in [-0.15, -0.1) is 0 Å². The van der Waals surface area contributed by atoms with Gasteiger partial charge in [0.2, 0.25) is 0 Å². The Morgan fingerprint density at radius 3 is 2.63 bits per heavy atom. The standard InChI is InChI=1S/C15H18BrNOS/c16-15-3-1-13(2-4-15)11-18-9-8-17-7-5-14-6-10-19-12-14/h1-4,6,10,12,17H,5,7-9,11H2. The van der Waals surface area contributed by atoms with E-state index in [9.17, 15) is 0 Å². The summed E-state index contributed by atoms with van der Waals surface area (Å²) in [4.78, 5) is 0. The van der Waals surface area contributed by atoms with Gasteiger partial charge in [-0.05, 0) is 53.1 Å². The van der Waals surface area contributed by atoms with Crippen LogP contribution < -0.4 is 5.32 Å². The molecule has 0 saturated carbocycles. The van der Waals surface area contributed by atoms with Crippen molar-refractivity contribution in [2.75, 3.05) is 19.7 Å². The Bertz CT molecular complexity index is 456. The van der Waals surface area contributed by atoms with E-state index in [1.54, 1.807) is 11.3 Å². The van der Waals surface area contributed by atoms with Crippen molar-refractivity contribution in [1.29, 1.82) is 0 Å². The molecule has 0 spiro atoms. The number of hydrogen-bond acceptors (Lipinski definition) is 3. The predicted molar refractivity (Wildman–Crippen MR) is 84.7 cm³/mol. The van der Waals surface area contributed by atoms with Crippen LogP contribution >= 0.6 is 27.3 Å². The minimum atomic E-state index is 0.680. The summed E-state index contributed by atoms with van der Waals surface area (Å²) in [5, 5.41) is 7.71. The van der Waals surface area contributed by atoms with Crippen molar-refractivity contribution in [3.05, 3.63) is 56.7 Å². The van der Waals surface area contributed by atoms with E-state index in [4.69, 9.17) is 4.74 Å². The molecule has 0 aliphatic rings. The zero-order chi connectivity index (χ0) is 13.3. The first kappa shape index (κ1) is 14.7. The molecular formula is C15H18BrNOS. The van der Waals surface area contributed by atoms with Gasteiger partial charge in [0.05, 0.1) is 13.2 Å². The maximum absolute atomic E-state index is 5.62. The number of nitrogens with one attached hydrogen (secondary N) is 1. The molecule has 0 unspecified atom stereocenters. The topological polar surface area (TPSA) is 21.3 Å². The highest BCUT2D eigenvalue weighted by Crippen LogP contribution is 2.11. The second-order valence-corrected chi connectivity index (χ2v) is 6.01. The van der Waals surface area contributed by atoms with E-state index in [2.05, 4.69) is 50.2 Å². The highest BCUT2D eigenvalue weighted by Gasteiger charge is 1.95. The van der Waals surface area contributed by atoms with Crippen LogP contribution in [-0.4, -0.2) is 19.7 Å². The smallest absolute Gasteiger partial charge is 0.0717 e. The van der Waals surface area contributed by atoms with Crippen LogP contribution in [0.2, 0.25) is 0 Å². The highest BCUT2D eigenvalue weighted by atomic mass is 79.9. The van der Waals surface area contributed by atoms with Crippen molar-refractivity contribution >= 4 is 27.3 Å². The van der Waals surface area contributed by atoms with Crippen molar-refractivity contribution in [2.24, 2.45) is 0 Å². The molecule has 1 aromatic heterocycles. The Morgan fingerprint density at radius 2 is 1.89 bits per heavy atom. The molecular weight excluding hydrogens is 322 g/mol. The van der Waals surface area contributed by atoms with Gasteiger partial charge in [0, 0.05) is 11.0 Å². The Hall–Kier alpha value is -0.680. The van der Waals surface area contributed by atoms with Gasteiger partial charge in [-0.25, -0.2) is 0 Å². The van der Waals surface area contributed by atoms with E-state index in [0.29, 0.717) is 6.61 Å². The lowest BCUT2D eigenvalue weighted by Gasteiger charge is -2.06. The van der Waals surface area contributed by atoms with Crippen LogP contribution in [0.5, 0.6) is 0 Å². The molecule has 0 aliphatic carbocycles. The maximum Gasteiger partial charge on any atom is 0.0717 e. The van der Waals surface area contributed by atoms with Crippen LogP contribution in [0.4, 0.5) is 0 Å². The summed E-state index contributed by atoms with van der Waals surface area (Å²) < 4.78 is 6.72. The van der Waals surface area contributed by atoms with Crippen LogP contribution in [0, 0.1) is 0 Å². The van der Waals surface area contributed by atoms with Gasteiger partial charge in [0.25, 0.3) is 0 Å². The van der Waals surface area contributed by atoms with Gasteiger partial charge in [-0.1, -0.05) is 28.1 Å². The summed E-state index contributed by atoms with van der Waals surface area (Å²) in [6.45, 7) is 3.35. The Balaban J connectivity index is 1.49. The van der Waals surface area contributed by atoms with E-state index in [1.165, 1.54) is 11.1 Å². The summed E-state index contributed by atoms with van der Waals surface area (Å²) >= 11 is 5.18. The number of halogens is 1. The van der Waals surface area contributed by atoms with Crippen molar-refractivity contribution in [2.45, 2.75) is 13.0 Å². The molecule has 19 heavy (non-hydrogen) atoms.